The van der Waals surface area contributed by atoms with Crippen molar-refractivity contribution < 1.29 is 8.42 Å². The summed E-state index contributed by atoms with van der Waals surface area (Å²) in [6.07, 6.45) is 3.21. The summed E-state index contributed by atoms with van der Waals surface area (Å²) < 4.78 is 28.6. The molecule has 2 rings (SSSR count). The largest absolute Gasteiger partial charge is 0.398 e. The molecule has 0 atom stereocenters. The molecule has 0 radical (unpaired) electrons. The van der Waals surface area contributed by atoms with E-state index in [1.807, 2.05) is 6.92 Å². The Morgan fingerprint density at radius 2 is 2.10 bits per heavy atom. The molecule has 1 aromatic carbocycles. The molecule has 0 aliphatic carbocycles. The number of benzene rings is 1. The van der Waals surface area contributed by atoms with E-state index < -0.39 is 10.0 Å². The lowest BCUT2D eigenvalue weighted by atomic mass is 10.1. The average Bonchev–Trinajstić information content (AvgIpc) is 2.86. The summed E-state index contributed by atoms with van der Waals surface area (Å²) in [5.41, 5.74) is 7.65. The maximum Gasteiger partial charge on any atom is 0.240 e. The Bertz CT molecular complexity index is 695. The van der Waals surface area contributed by atoms with Gasteiger partial charge in [0.15, 0.2) is 0 Å². The molecule has 0 spiro atoms. The van der Waals surface area contributed by atoms with E-state index in [0.717, 1.165) is 5.56 Å². The highest BCUT2D eigenvalue weighted by molar-refractivity contribution is 7.89. The van der Waals surface area contributed by atoms with Gasteiger partial charge in [0.2, 0.25) is 10.0 Å². The first kappa shape index (κ1) is 14.5. The Hall–Kier alpha value is -1.93. The van der Waals surface area contributed by atoms with E-state index in [9.17, 15) is 8.42 Å². The highest BCUT2D eigenvalue weighted by Crippen LogP contribution is 2.22. The normalized spacial score (nSPS) is 11.7. The summed E-state index contributed by atoms with van der Waals surface area (Å²) in [6, 6.07) is 3.37. The van der Waals surface area contributed by atoms with Crippen molar-refractivity contribution in [3.05, 3.63) is 35.7 Å². The van der Waals surface area contributed by atoms with Crippen molar-refractivity contribution in [3.8, 4) is 0 Å². The van der Waals surface area contributed by atoms with E-state index in [-0.39, 0.29) is 11.4 Å². The van der Waals surface area contributed by atoms with Gasteiger partial charge in [-0.3, -0.25) is 4.68 Å². The van der Waals surface area contributed by atoms with E-state index in [0.29, 0.717) is 17.8 Å². The molecule has 3 N–H and O–H groups in total. The standard InChI is InChI=1S/C12H17N5O2S/c1-9-7-11(13)10(2)12(8-9)20(18,19)15-4-6-17-5-3-14-16-17/h3,5,7-8,15H,4,6,13H2,1-2H3. The summed E-state index contributed by atoms with van der Waals surface area (Å²) >= 11 is 0. The number of hydrogen-bond acceptors (Lipinski definition) is 5. The zero-order valence-corrected chi connectivity index (χ0v) is 12.2. The lowest BCUT2D eigenvalue weighted by molar-refractivity contribution is 0.552. The van der Waals surface area contributed by atoms with Crippen LogP contribution in [-0.4, -0.2) is 30.0 Å². The van der Waals surface area contributed by atoms with E-state index in [1.165, 1.54) is 0 Å². The van der Waals surface area contributed by atoms with Crippen molar-refractivity contribution in [2.75, 3.05) is 12.3 Å². The monoisotopic (exact) mass is 295 g/mol. The van der Waals surface area contributed by atoms with Crippen molar-refractivity contribution in [2.45, 2.75) is 25.3 Å². The number of nitrogens with zero attached hydrogens (tertiary/aromatic N) is 3. The van der Waals surface area contributed by atoms with Gasteiger partial charge < -0.3 is 5.73 Å². The lowest BCUT2D eigenvalue weighted by Crippen LogP contribution is -2.28. The van der Waals surface area contributed by atoms with Crippen LogP contribution in [0.1, 0.15) is 11.1 Å². The summed E-state index contributed by atoms with van der Waals surface area (Å²) in [5, 5.41) is 7.42. The molecule has 0 aliphatic rings. The van der Waals surface area contributed by atoms with E-state index in [4.69, 9.17) is 5.73 Å². The number of rotatable bonds is 5. The van der Waals surface area contributed by atoms with Crippen molar-refractivity contribution in [1.29, 1.82) is 0 Å². The first-order chi connectivity index (χ1) is 9.40. The molecule has 0 amide bonds. The smallest absolute Gasteiger partial charge is 0.240 e. The van der Waals surface area contributed by atoms with Crippen LogP contribution in [0.4, 0.5) is 5.69 Å². The molecule has 0 fully saturated rings. The van der Waals surface area contributed by atoms with Crippen molar-refractivity contribution in [2.24, 2.45) is 0 Å². The van der Waals surface area contributed by atoms with Gasteiger partial charge in [0, 0.05) is 18.4 Å². The molecule has 0 saturated heterocycles. The Kier molecular flexibility index (Phi) is 4.05. The maximum absolute atomic E-state index is 12.3. The second kappa shape index (κ2) is 5.59. The van der Waals surface area contributed by atoms with Crippen LogP contribution in [0, 0.1) is 13.8 Å². The number of hydrogen-bond donors (Lipinski definition) is 2. The molecule has 2 aromatic rings. The van der Waals surface area contributed by atoms with Crippen LogP contribution in [-0.2, 0) is 16.6 Å². The third-order valence-electron chi connectivity index (χ3n) is 2.94. The third-order valence-corrected chi connectivity index (χ3v) is 4.53. The zero-order chi connectivity index (χ0) is 14.8. The molecule has 20 heavy (non-hydrogen) atoms. The fourth-order valence-corrected chi connectivity index (χ4v) is 3.23. The van der Waals surface area contributed by atoms with Crippen molar-refractivity contribution >= 4 is 15.7 Å². The Morgan fingerprint density at radius 3 is 2.75 bits per heavy atom. The predicted octanol–water partition coefficient (Wildman–Crippen LogP) is 0.456. The Morgan fingerprint density at radius 1 is 1.35 bits per heavy atom. The first-order valence-electron chi connectivity index (χ1n) is 6.10. The number of nitrogens with one attached hydrogen (secondary N) is 1. The lowest BCUT2D eigenvalue weighted by Gasteiger charge is -2.12. The van der Waals surface area contributed by atoms with Crippen LogP contribution in [0.5, 0.6) is 0 Å². The first-order valence-corrected chi connectivity index (χ1v) is 7.59. The van der Waals surface area contributed by atoms with Crippen molar-refractivity contribution in [1.82, 2.24) is 19.7 Å². The highest BCUT2D eigenvalue weighted by Gasteiger charge is 2.18. The number of aryl methyl sites for hydroxylation is 1. The van der Waals surface area contributed by atoms with Gasteiger partial charge in [-0.25, -0.2) is 13.1 Å². The summed E-state index contributed by atoms with van der Waals surface area (Å²) in [4.78, 5) is 0.216. The van der Waals surface area contributed by atoms with Crippen LogP contribution >= 0.6 is 0 Å². The second-order valence-electron chi connectivity index (χ2n) is 4.54. The molecule has 1 aromatic heterocycles. The van der Waals surface area contributed by atoms with Crippen LogP contribution in [0.3, 0.4) is 0 Å². The van der Waals surface area contributed by atoms with Gasteiger partial charge in [-0.15, -0.1) is 5.10 Å². The number of nitrogen functional groups attached to an aromatic ring is 1. The third kappa shape index (κ3) is 3.14. The van der Waals surface area contributed by atoms with Crippen LogP contribution < -0.4 is 10.5 Å². The number of anilines is 1. The fraction of sp³-hybridized carbons (Fsp3) is 0.333. The van der Waals surface area contributed by atoms with E-state index >= 15 is 0 Å². The molecule has 0 aliphatic heterocycles. The summed E-state index contributed by atoms with van der Waals surface area (Å²) in [7, 11) is -3.58. The fourth-order valence-electron chi connectivity index (χ4n) is 1.86. The maximum atomic E-state index is 12.3. The van der Waals surface area contributed by atoms with Gasteiger partial charge in [-0.05, 0) is 37.1 Å². The van der Waals surface area contributed by atoms with E-state index in [1.54, 1.807) is 36.1 Å². The van der Waals surface area contributed by atoms with Gasteiger partial charge in [-0.1, -0.05) is 5.21 Å². The molecular formula is C12H17N5O2S. The topological polar surface area (TPSA) is 103 Å². The molecule has 7 nitrogen and oxygen atoms in total. The predicted molar refractivity (Wildman–Crippen MR) is 75.5 cm³/mol. The minimum absolute atomic E-state index is 0.216. The molecule has 0 unspecified atom stereocenters. The molecule has 1 heterocycles. The molecule has 0 bridgehead atoms. The zero-order valence-electron chi connectivity index (χ0n) is 11.4. The number of nitrogens with two attached hydrogens (primary N) is 1. The van der Waals surface area contributed by atoms with Gasteiger partial charge in [-0.2, -0.15) is 0 Å². The minimum Gasteiger partial charge on any atom is -0.398 e. The molecular weight excluding hydrogens is 278 g/mol. The van der Waals surface area contributed by atoms with Gasteiger partial charge in [0.05, 0.1) is 17.6 Å². The quantitative estimate of drug-likeness (QED) is 0.780. The Labute approximate surface area is 117 Å². The van der Waals surface area contributed by atoms with Crippen LogP contribution in [0.15, 0.2) is 29.4 Å². The number of sulfonamides is 1. The average molecular weight is 295 g/mol. The Balaban J connectivity index is 2.14. The van der Waals surface area contributed by atoms with Crippen LogP contribution in [0.2, 0.25) is 0 Å². The van der Waals surface area contributed by atoms with Crippen LogP contribution in [0.25, 0.3) is 0 Å². The SMILES string of the molecule is Cc1cc(N)c(C)c(S(=O)(=O)NCCn2ccnn2)c1. The molecule has 8 heteroatoms. The minimum atomic E-state index is -3.58. The second-order valence-corrected chi connectivity index (χ2v) is 6.28. The van der Waals surface area contributed by atoms with Gasteiger partial charge in [0.1, 0.15) is 0 Å². The summed E-state index contributed by atoms with van der Waals surface area (Å²) in [5.74, 6) is 0. The summed E-state index contributed by atoms with van der Waals surface area (Å²) in [6.45, 7) is 4.16. The highest BCUT2D eigenvalue weighted by atomic mass is 32.2. The van der Waals surface area contributed by atoms with E-state index in [2.05, 4.69) is 15.0 Å². The molecule has 108 valence electrons. The van der Waals surface area contributed by atoms with Gasteiger partial charge >= 0.3 is 0 Å². The number of aromatic nitrogens is 3. The van der Waals surface area contributed by atoms with Crippen molar-refractivity contribution in [3.63, 3.8) is 0 Å². The molecule has 0 saturated carbocycles. The van der Waals surface area contributed by atoms with Gasteiger partial charge in [0.25, 0.3) is 0 Å².